The third-order valence-corrected chi connectivity index (χ3v) is 5.66. The van der Waals surface area contributed by atoms with Crippen LogP contribution in [-0.4, -0.2) is 45.6 Å². The highest BCUT2D eigenvalue weighted by molar-refractivity contribution is 6.60. The minimum absolute atomic E-state index is 0.272. The molecule has 0 aliphatic heterocycles. The first-order valence-corrected chi connectivity index (χ1v) is 9.74. The molecule has 0 aromatic heterocycles. The van der Waals surface area contributed by atoms with Gasteiger partial charge in [0.2, 0.25) is 0 Å². The van der Waals surface area contributed by atoms with E-state index in [1.807, 2.05) is 20.8 Å². The van der Waals surface area contributed by atoms with Crippen molar-refractivity contribution in [1.29, 1.82) is 0 Å². The Morgan fingerprint density at radius 1 is 1.10 bits per heavy atom. The highest BCUT2D eigenvalue weighted by Crippen LogP contribution is 2.21. The van der Waals surface area contributed by atoms with Crippen LogP contribution in [0.5, 0.6) is 0 Å². The Kier molecular flexibility index (Phi) is 11.7. The van der Waals surface area contributed by atoms with Crippen molar-refractivity contribution in [3.8, 4) is 0 Å². The van der Waals surface area contributed by atoms with Crippen LogP contribution in [0.15, 0.2) is 12.7 Å². The number of rotatable bonds is 14. The maximum atomic E-state index is 11.4. The Hall–Kier alpha value is -0.533. The summed E-state index contributed by atoms with van der Waals surface area (Å²) in [6.45, 7) is 11.1. The lowest BCUT2D eigenvalue weighted by molar-refractivity contribution is -0.122. The summed E-state index contributed by atoms with van der Waals surface area (Å²) in [6, 6.07) is 0.438. The Labute approximate surface area is 129 Å². The molecule has 21 heavy (non-hydrogen) atoms. The molecule has 0 spiro atoms. The predicted molar refractivity (Wildman–Crippen MR) is 85.1 cm³/mol. The number of carbonyl (C=O) groups excluding carboxylic acids is 1. The number of aliphatic hydroxyl groups is 1. The van der Waals surface area contributed by atoms with E-state index in [-0.39, 0.29) is 12.2 Å². The van der Waals surface area contributed by atoms with Gasteiger partial charge in [-0.1, -0.05) is 27.4 Å². The van der Waals surface area contributed by atoms with E-state index in [0.29, 0.717) is 25.9 Å². The molecule has 0 saturated carbocycles. The van der Waals surface area contributed by atoms with Gasteiger partial charge < -0.3 is 18.4 Å². The Morgan fingerprint density at radius 3 is 1.86 bits per heavy atom. The second-order valence-corrected chi connectivity index (χ2v) is 7.62. The van der Waals surface area contributed by atoms with Crippen LogP contribution in [0, 0.1) is 0 Å². The molecule has 5 nitrogen and oxygen atoms in total. The normalized spacial score (nSPS) is 13.1. The Morgan fingerprint density at radius 2 is 1.52 bits per heavy atom. The van der Waals surface area contributed by atoms with Gasteiger partial charge >= 0.3 is 8.80 Å². The third kappa shape index (κ3) is 8.48. The van der Waals surface area contributed by atoms with Crippen molar-refractivity contribution < 1.29 is 23.2 Å². The average Bonchev–Trinajstić information content (AvgIpc) is 2.52. The van der Waals surface area contributed by atoms with Crippen LogP contribution in [0.3, 0.4) is 0 Å². The highest BCUT2D eigenvalue weighted by atomic mass is 28.4. The zero-order chi connectivity index (χ0) is 16.1. The van der Waals surface area contributed by atoms with Gasteiger partial charge in [0.15, 0.2) is 5.78 Å². The van der Waals surface area contributed by atoms with E-state index in [1.165, 1.54) is 0 Å². The molecule has 0 bridgehead atoms. The lowest BCUT2D eigenvalue weighted by Gasteiger charge is -2.30. The first-order valence-electron chi connectivity index (χ1n) is 7.81. The van der Waals surface area contributed by atoms with Gasteiger partial charge in [-0.2, -0.15) is 0 Å². The average molecular weight is 318 g/mol. The van der Waals surface area contributed by atoms with E-state index in [9.17, 15) is 9.90 Å². The molecule has 0 saturated heterocycles. The van der Waals surface area contributed by atoms with E-state index in [0.717, 1.165) is 25.3 Å². The topological polar surface area (TPSA) is 65.0 Å². The van der Waals surface area contributed by atoms with E-state index in [4.69, 9.17) is 13.3 Å². The number of carbonyl (C=O) groups is 1. The zero-order valence-electron chi connectivity index (χ0n) is 13.6. The SMILES string of the molecule is C=CC(=O)C(O)CC[Si](OCCC)(OCCC)OCCC. The predicted octanol–water partition coefficient (Wildman–Crippen LogP) is 2.71. The van der Waals surface area contributed by atoms with Crippen molar-refractivity contribution in [3.63, 3.8) is 0 Å². The fraction of sp³-hybridized carbons (Fsp3) is 0.800. The molecule has 124 valence electrons. The van der Waals surface area contributed by atoms with E-state index >= 15 is 0 Å². The largest absolute Gasteiger partial charge is 0.501 e. The zero-order valence-corrected chi connectivity index (χ0v) is 14.6. The van der Waals surface area contributed by atoms with Crippen LogP contribution >= 0.6 is 0 Å². The molecule has 1 N–H and O–H groups in total. The minimum Gasteiger partial charge on any atom is -0.385 e. The van der Waals surface area contributed by atoms with Gasteiger partial charge in [0.05, 0.1) is 0 Å². The van der Waals surface area contributed by atoms with Crippen LogP contribution in [-0.2, 0) is 18.1 Å². The number of hydrogen-bond acceptors (Lipinski definition) is 5. The fourth-order valence-electron chi connectivity index (χ4n) is 1.71. The summed E-state index contributed by atoms with van der Waals surface area (Å²) >= 11 is 0. The van der Waals surface area contributed by atoms with Gasteiger partial charge in [-0.05, 0) is 31.8 Å². The summed E-state index contributed by atoms with van der Waals surface area (Å²) < 4.78 is 17.7. The third-order valence-electron chi connectivity index (χ3n) is 2.83. The summed E-state index contributed by atoms with van der Waals surface area (Å²) in [7, 11) is -2.83. The molecule has 1 atom stereocenters. The lowest BCUT2D eigenvalue weighted by Crippen LogP contribution is -2.47. The van der Waals surface area contributed by atoms with Crippen molar-refractivity contribution in [2.75, 3.05) is 19.8 Å². The van der Waals surface area contributed by atoms with Crippen LogP contribution in [0.2, 0.25) is 6.04 Å². The summed E-state index contributed by atoms with van der Waals surface area (Å²) in [5, 5.41) is 9.79. The number of hydrogen-bond donors (Lipinski definition) is 1. The van der Waals surface area contributed by atoms with E-state index < -0.39 is 14.9 Å². The molecule has 0 amide bonds. The lowest BCUT2D eigenvalue weighted by atomic mass is 10.2. The van der Waals surface area contributed by atoms with Crippen LogP contribution in [0.25, 0.3) is 0 Å². The van der Waals surface area contributed by atoms with E-state index in [2.05, 4.69) is 6.58 Å². The maximum absolute atomic E-state index is 11.4. The van der Waals surface area contributed by atoms with E-state index in [1.54, 1.807) is 0 Å². The molecule has 0 fully saturated rings. The number of aliphatic hydroxyl groups excluding tert-OH is 1. The molecule has 0 aromatic carbocycles. The van der Waals surface area contributed by atoms with Crippen molar-refractivity contribution in [2.45, 2.75) is 58.6 Å². The minimum atomic E-state index is -2.83. The second-order valence-electron chi connectivity index (χ2n) is 4.89. The van der Waals surface area contributed by atoms with Crippen molar-refractivity contribution in [1.82, 2.24) is 0 Å². The van der Waals surface area contributed by atoms with Crippen LogP contribution in [0.4, 0.5) is 0 Å². The second kappa shape index (κ2) is 12.1. The van der Waals surface area contributed by atoms with Crippen molar-refractivity contribution in [2.24, 2.45) is 0 Å². The summed E-state index contributed by atoms with van der Waals surface area (Å²) in [5.74, 6) is -0.376. The summed E-state index contributed by atoms with van der Waals surface area (Å²) in [4.78, 5) is 11.4. The molecule has 0 radical (unpaired) electrons. The summed E-state index contributed by atoms with van der Waals surface area (Å²) in [5.41, 5.74) is 0. The van der Waals surface area contributed by atoms with Crippen LogP contribution < -0.4 is 0 Å². The smallest absolute Gasteiger partial charge is 0.385 e. The first kappa shape index (κ1) is 20.5. The van der Waals surface area contributed by atoms with Gasteiger partial charge in [-0.25, -0.2) is 0 Å². The van der Waals surface area contributed by atoms with Crippen LogP contribution in [0.1, 0.15) is 46.5 Å². The molecule has 1 unspecified atom stereocenters. The van der Waals surface area contributed by atoms with Gasteiger partial charge in [-0.15, -0.1) is 0 Å². The molecule has 0 rings (SSSR count). The number of ketones is 1. The standard InChI is InChI=1S/C15H30O5Si/c1-5-10-18-21(19-11-6-2,20-12-7-3)13-9-15(17)14(16)8-4/h8,15,17H,4-7,9-13H2,1-3H3. The van der Waals surface area contributed by atoms with Crippen molar-refractivity contribution >= 4 is 14.6 Å². The molecular formula is C15H30O5Si. The fourth-order valence-corrected chi connectivity index (χ4v) is 4.56. The highest BCUT2D eigenvalue weighted by Gasteiger charge is 2.41. The molecule has 0 aliphatic carbocycles. The Bertz CT molecular complexity index is 274. The monoisotopic (exact) mass is 318 g/mol. The molecular weight excluding hydrogens is 288 g/mol. The molecule has 0 heterocycles. The molecule has 0 aliphatic rings. The first-order chi connectivity index (χ1) is 10.0. The van der Waals surface area contributed by atoms with Gasteiger partial charge in [0.1, 0.15) is 6.10 Å². The quantitative estimate of drug-likeness (QED) is 0.394. The van der Waals surface area contributed by atoms with Gasteiger partial charge in [-0.3, -0.25) is 4.79 Å². The molecule has 0 aromatic rings. The Balaban J connectivity index is 4.76. The summed E-state index contributed by atoms with van der Waals surface area (Å²) in [6.07, 6.45) is 2.96. The maximum Gasteiger partial charge on any atom is 0.501 e. The molecule has 6 heteroatoms. The van der Waals surface area contributed by atoms with Gasteiger partial charge in [0, 0.05) is 25.9 Å². The van der Waals surface area contributed by atoms with Crippen molar-refractivity contribution in [3.05, 3.63) is 12.7 Å². The van der Waals surface area contributed by atoms with Gasteiger partial charge in [0.25, 0.3) is 0 Å².